The van der Waals surface area contributed by atoms with Crippen LogP contribution in [-0.2, 0) is 0 Å². The third kappa shape index (κ3) is 0.540. The standard InChI is InChI=1S/C7H12S/c1-6-2-7(3-6)4-8-5-7/h6H,2-5H2,1H3. The average molecular weight is 128 g/mol. The molecule has 0 aromatic heterocycles. The highest BCUT2D eigenvalue weighted by Crippen LogP contribution is 2.55. The number of hydrogen-bond donors (Lipinski definition) is 0. The molecule has 0 unspecified atom stereocenters. The molecular weight excluding hydrogens is 116 g/mol. The first-order chi connectivity index (χ1) is 3.81. The van der Waals surface area contributed by atoms with E-state index in [9.17, 15) is 0 Å². The lowest BCUT2D eigenvalue weighted by Crippen LogP contribution is -2.46. The summed E-state index contributed by atoms with van der Waals surface area (Å²) >= 11 is 2.12. The summed E-state index contributed by atoms with van der Waals surface area (Å²) in [4.78, 5) is 0. The summed E-state index contributed by atoms with van der Waals surface area (Å²) in [5.41, 5.74) is 0.879. The number of thioether (sulfide) groups is 1. The van der Waals surface area contributed by atoms with Crippen LogP contribution >= 0.6 is 11.8 Å². The van der Waals surface area contributed by atoms with Gasteiger partial charge < -0.3 is 0 Å². The van der Waals surface area contributed by atoms with Crippen molar-refractivity contribution in [3.63, 3.8) is 0 Å². The molecule has 2 aliphatic rings. The van der Waals surface area contributed by atoms with E-state index in [1.165, 1.54) is 24.3 Å². The quantitative estimate of drug-likeness (QED) is 0.481. The first kappa shape index (κ1) is 5.16. The zero-order valence-electron chi connectivity index (χ0n) is 5.31. The van der Waals surface area contributed by atoms with Crippen LogP contribution in [0.2, 0.25) is 0 Å². The first-order valence-electron chi connectivity index (χ1n) is 3.39. The van der Waals surface area contributed by atoms with Crippen molar-refractivity contribution in [3.8, 4) is 0 Å². The predicted octanol–water partition coefficient (Wildman–Crippen LogP) is 2.15. The van der Waals surface area contributed by atoms with E-state index in [1.54, 1.807) is 0 Å². The molecule has 1 heterocycles. The summed E-state index contributed by atoms with van der Waals surface area (Å²) < 4.78 is 0. The van der Waals surface area contributed by atoms with Gasteiger partial charge in [0.25, 0.3) is 0 Å². The van der Waals surface area contributed by atoms with E-state index in [1.807, 2.05) is 0 Å². The zero-order valence-corrected chi connectivity index (χ0v) is 6.13. The number of rotatable bonds is 0. The van der Waals surface area contributed by atoms with Crippen molar-refractivity contribution in [2.45, 2.75) is 19.8 Å². The summed E-state index contributed by atoms with van der Waals surface area (Å²) in [7, 11) is 0. The largest absolute Gasteiger partial charge is 0.161 e. The Morgan fingerprint density at radius 2 is 2.00 bits per heavy atom. The Kier molecular flexibility index (Phi) is 0.928. The summed E-state index contributed by atoms with van der Waals surface area (Å²) in [6.07, 6.45) is 3.06. The molecule has 46 valence electrons. The molecule has 0 bridgehead atoms. The van der Waals surface area contributed by atoms with Gasteiger partial charge in [0.2, 0.25) is 0 Å². The first-order valence-corrected chi connectivity index (χ1v) is 4.54. The average Bonchev–Trinajstić information content (AvgIpc) is 1.51. The van der Waals surface area contributed by atoms with E-state index in [0.29, 0.717) is 0 Å². The van der Waals surface area contributed by atoms with Crippen LogP contribution in [0.15, 0.2) is 0 Å². The summed E-state index contributed by atoms with van der Waals surface area (Å²) in [5.74, 6) is 3.99. The third-order valence-corrected chi connectivity index (χ3v) is 4.01. The van der Waals surface area contributed by atoms with E-state index in [0.717, 1.165) is 11.3 Å². The van der Waals surface area contributed by atoms with Crippen LogP contribution in [0.5, 0.6) is 0 Å². The van der Waals surface area contributed by atoms with Crippen molar-refractivity contribution in [3.05, 3.63) is 0 Å². The Morgan fingerprint density at radius 3 is 2.12 bits per heavy atom. The van der Waals surface area contributed by atoms with E-state index in [2.05, 4.69) is 18.7 Å². The van der Waals surface area contributed by atoms with Crippen LogP contribution in [0.4, 0.5) is 0 Å². The lowest BCUT2D eigenvalue weighted by molar-refractivity contribution is 0.109. The highest BCUT2D eigenvalue weighted by atomic mass is 32.2. The van der Waals surface area contributed by atoms with Gasteiger partial charge in [0.15, 0.2) is 0 Å². The highest BCUT2D eigenvalue weighted by Gasteiger charge is 2.46. The molecular formula is C7H12S. The van der Waals surface area contributed by atoms with Gasteiger partial charge in [-0.25, -0.2) is 0 Å². The molecule has 0 amide bonds. The van der Waals surface area contributed by atoms with Crippen LogP contribution in [-0.4, -0.2) is 11.5 Å². The van der Waals surface area contributed by atoms with E-state index in [4.69, 9.17) is 0 Å². The topological polar surface area (TPSA) is 0 Å². The van der Waals surface area contributed by atoms with Crippen LogP contribution < -0.4 is 0 Å². The molecule has 2 fully saturated rings. The molecule has 1 heteroatoms. The molecule has 1 saturated carbocycles. The van der Waals surface area contributed by atoms with Crippen LogP contribution in [0.1, 0.15) is 19.8 Å². The smallest absolute Gasteiger partial charge is 0.000249 e. The number of hydrogen-bond acceptors (Lipinski definition) is 1. The third-order valence-electron chi connectivity index (χ3n) is 2.38. The van der Waals surface area contributed by atoms with Crippen molar-refractivity contribution in [1.29, 1.82) is 0 Å². The Morgan fingerprint density at radius 1 is 1.38 bits per heavy atom. The molecule has 0 nitrogen and oxygen atoms in total. The summed E-state index contributed by atoms with van der Waals surface area (Å²) in [6.45, 7) is 2.37. The van der Waals surface area contributed by atoms with Crippen LogP contribution in [0, 0.1) is 11.3 Å². The Balaban J connectivity index is 1.92. The molecule has 2 rings (SSSR count). The molecule has 1 saturated heterocycles. The SMILES string of the molecule is CC1CC2(CSC2)C1. The molecule has 0 aromatic carbocycles. The van der Waals surface area contributed by atoms with E-state index in [-0.39, 0.29) is 0 Å². The predicted molar refractivity (Wildman–Crippen MR) is 38.2 cm³/mol. The van der Waals surface area contributed by atoms with Gasteiger partial charge in [0.05, 0.1) is 0 Å². The monoisotopic (exact) mass is 128 g/mol. The molecule has 0 radical (unpaired) electrons. The van der Waals surface area contributed by atoms with Gasteiger partial charge >= 0.3 is 0 Å². The molecule has 0 aromatic rings. The van der Waals surface area contributed by atoms with Crippen LogP contribution in [0.25, 0.3) is 0 Å². The molecule has 0 atom stereocenters. The zero-order chi connectivity index (χ0) is 5.61. The van der Waals surface area contributed by atoms with Crippen molar-refractivity contribution >= 4 is 11.8 Å². The van der Waals surface area contributed by atoms with Gasteiger partial charge in [-0.05, 0) is 35.7 Å². The van der Waals surface area contributed by atoms with Gasteiger partial charge in [-0.15, -0.1) is 0 Å². The second kappa shape index (κ2) is 1.44. The Bertz CT molecular complexity index is 97.0. The summed E-state index contributed by atoms with van der Waals surface area (Å²) in [5, 5.41) is 0. The minimum Gasteiger partial charge on any atom is -0.161 e. The van der Waals surface area contributed by atoms with Crippen molar-refractivity contribution in [2.75, 3.05) is 11.5 Å². The fourth-order valence-electron chi connectivity index (χ4n) is 2.05. The molecule has 1 spiro atoms. The minimum absolute atomic E-state index is 0.879. The molecule has 0 N–H and O–H groups in total. The van der Waals surface area contributed by atoms with Crippen molar-refractivity contribution < 1.29 is 0 Å². The Hall–Kier alpha value is 0.350. The Labute approximate surface area is 55.0 Å². The van der Waals surface area contributed by atoms with Crippen molar-refractivity contribution in [2.24, 2.45) is 11.3 Å². The minimum atomic E-state index is 0.879. The van der Waals surface area contributed by atoms with E-state index >= 15 is 0 Å². The normalized spacial score (nSPS) is 34.1. The molecule has 1 aliphatic carbocycles. The fourth-order valence-corrected chi connectivity index (χ4v) is 3.30. The van der Waals surface area contributed by atoms with Gasteiger partial charge in [-0.2, -0.15) is 11.8 Å². The van der Waals surface area contributed by atoms with E-state index < -0.39 is 0 Å². The van der Waals surface area contributed by atoms with Crippen molar-refractivity contribution in [1.82, 2.24) is 0 Å². The van der Waals surface area contributed by atoms with Gasteiger partial charge in [-0.1, -0.05) is 6.92 Å². The molecule has 8 heavy (non-hydrogen) atoms. The lowest BCUT2D eigenvalue weighted by Gasteiger charge is -2.52. The maximum atomic E-state index is 2.37. The maximum Gasteiger partial charge on any atom is -0.000249 e. The second-order valence-corrected chi connectivity index (χ2v) is 4.49. The lowest BCUT2D eigenvalue weighted by atomic mass is 9.64. The van der Waals surface area contributed by atoms with Crippen LogP contribution in [0.3, 0.4) is 0 Å². The highest BCUT2D eigenvalue weighted by molar-refractivity contribution is 8.00. The van der Waals surface area contributed by atoms with Gasteiger partial charge in [0, 0.05) is 0 Å². The molecule has 1 aliphatic heterocycles. The summed E-state index contributed by atoms with van der Waals surface area (Å²) in [6, 6.07) is 0. The maximum absolute atomic E-state index is 2.37. The fraction of sp³-hybridized carbons (Fsp3) is 1.00. The van der Waals surface area contributed by atoms with Gasteiger partial charge in [0.1, 0.15) is 0 Å². The van der Waals surface area contributed by atoms with Gasteiger partial charge in [-0.3, -0.25) is 0 Å². The second-order valence-electron chi connectivity index (χ2n) is 3.51.